The highest BCUT2D eigenvalue weighted by atomic mass is 16.6. The molecule has 0 atom stereocenters. The van der Waals surface area contributed by atoms with Crippen molar-refractivity contribution in [3.8, 4) is 5.75 Å². The van der Waals surface area contributed by atoms with Crippen molar-refractivity contribution in [1.82, 2.24) is 15.2 Å². The van der Waals surface area contributed by atoms with E-state index in [2.05, 4.69) is 10.3 Å². The van der Waals surface area contributed by atoms with Gasteiger partial charge in [-0.1, -0.05) is 0 Å². The zero-order valence-corrected chi connectivity index (χ0v) is 18.8. The molecule has 1 N–H and O–H groups in total. The van der Waals surface area contributed by atoms with Crippen molar-refractivity contribution >= 4 is 12.0 Å². The van der Waals surface area contributed by atoms with Crippen molar-refractivity contribution in [1.29, 1.82) is 0 Å². The number of hydrogen-bond donors (Lipinski definition) is 1. The van der Waals surface area contributed by atoms with Gasteiger partial charge in [0.05, 0.1) is 18.9 Å². The third-order valence-electron chi connectivity index (χ3n) is 6.77. The molecule has 31 heavy (non-hydrogen) atoms. The minimum atomic E-state index is -0.163. The molecule has 2 aliphatic carbocycles. The number of amides is 2. The van der Waals surface area contributed by atoms with Gasteiger partial charge >= 0.3 is 6.09 Å². The minimum Gasteiger partial charge on any atom is -0.492 e. The number of ether oxygens (including phenoxy) is 2. The summed E-state index contributed by atoms with van der Waals surface area (Å²) >= 11 is 0. The average Bonchev–Trinajstić information content (AvgIpc) is 3.54. The fourth-order valence-corrected chi connectivity index (χ4v) is 4.87. The fourth-order valence-electron chi connectivity index (χ4n) is 4.87. The molecule has 1 aliphatic heterocycles. The summed E-state index contributed by atoms with van der Waals surface area (Å²) in [6, 6.07) is 3.89. The first-order valence-corrected chi connectivity index (χ1v) is 11.8. The smallest absolute Gasteiger partial charge is 0.410 e. The van der Waals surface area contributed by atoms with Crippen LogP contribution in [-0.2, 0) is 4.74 Å². The van der Waals surface area contributed by atoms with Crippen LogP contribution in [0.4, 0.5) is 4.79 Å². The summed E-state index contributed by atoms with van der Waals surface area (Å²) in [5.74, 6) is 1.38. The molecular weight excluding hydrogens is 394 g/mol. The number of rotatable bonds is 8. The van der Waals surface area contributed by atoms with Crippen LogP contribution >= 0.6 is 0 Å². The standard InChI is InChI=1S/C24H35N3O4/c1-17(2)31-23(29)27-11-9-24(10-12-27)14-18(15-24)4-3-13-30-20-7-8-21(25-16-20)22(28)26-19-5-6-19/h7-8,16-19H,3-6,9-15H2,1-2H3,(H,26,28). The lowest BCUT2D eigenvalue weighted by Gasteiger charge is -2.52. The van der Waals surface area contributed by atoms with Crippen LogP contribution in [-0.4, -0.2) is 53.7 Å². The minimum absolute atomic E-state index is 0.0563. The van der Waals surface area contributed by atoms with Crippen molar-refractivity contribution in [2.24, 2.45) is 11.3 Å². The Kier molecular flexibility index (Phi) is 6.68. The van der Waals surface area contributed by atoms with Gasteiger partial charge in [0.15, 0.2) is 0 Å². The third kappa shape index (κ3) is 5.89. The van der Waals surface area contributed by atoms with E-state index < -0.39 is 0 Å². The Balaban J connectivity index is 1.09. The summed E-state index contributed by atoms with van der Waals surface area (Å²) in [5, 5.41) is 2.94. The first kappa shape index (κ1) is 21.9. The van der Waals surface area contributed by atoms with Crippen LogP contribution in [0.1, 0.15) is 75.7 Å². The van der Waals surface area contributed by atoms with Crippen molar-refractivity contribution in [3.63, 3.8) is 0 Å². The number of hydrogen-bond acceptors (Lipinski definition) is 5. The highest BCUT2D eigenvalue weighted by Gasteiger charge is 2.46. The topological polar surface area (TPSA) is 80.8 Å². The van der Waals surface area contributed by atoms with Gasteiger partial charge in [-0.05, 0) is 88.7 Å². The molecule has 2 saturated carbocycles. The van der Waals surface area contributed by atoms with Crippen LogP contribution in [0.3, 0.4) is 0 Å². The van der Waals surface area contributed by atoms with Crippen molar-refractivity contribution in [2.75, 3.05) is 19.7 Å². The molecule has 1 spiro atoms. The zero-order chi connectivity index (χ0) is 21.8. The van der Waals surface area contributed by atoms with E-state index in [-0.39, 0.29) is 18.1 Å². The summed E-state index contributed by atoms with van der Waals surface area (Å²) in [6.07, 6.45) is 10.5. The van der Waals surface area contributed by atoms with E-state index in [1.807, 2.05) is 24.8 Å². The van der Waals surface area contributed by atoms with Gasteiger partial charge in [-0.15, -0.1) is 0 Å². The van der Waals surface area contributed by atoms with Crippen LogP contribution in [0.2, 0.25) is 0 Å². The lowest BCUT2D eigenvalue weighted by Crippen LogP contribution is -2.49. The molecule has 1 aromatic heterocycles. The maximum atomic E-state index is 12.0. The van der Waals surface area contributed by atoms with Crippen LogP contribution < -0.4 is 10.1 Å². The van der Waals surface area contributed by atoms with Crippen molar-refractivity contribution in [2.45, 2.75) is 77.4 Å². The van der Waals surface area contributed by atoms with Crippen LogP contribution in [0.25, 0.3) is 0 Å². The Hall–Kier alpha value is -2.31. The van der Waals surface area contributed by atoms with Gasteiger partial charge in [0, 0.05) is 19.1 Å². The molecule has 0 aromatic carbocycles. The molecule has 1 saturated heterocycles. The predicted molar refractivity (Wildman–Crippen MR) is 117 cm³/mol. The number of aromatic nitrogens is 1. The van der Waals surface area contributed by atoms with E-state index in [1.165, 1.54) is 19.3 Å². The molecule has 4 rings (SSSR count). The van der Waals surface area contributed by atoms with Crippen molar-refractivity contribution < 1.29 is 19.1 Å². The van der Waals surface area contributed by atoms with E-state index in [0.717, 1.165) is 51.1 Å². The Labute approximate surface area is 184 Å². The molecule has 7 heteroatoms. The lowest BCUT2D eigenvalue weighted by atomic mass is 9.56. The zero-order valence-electron chi connectivity index (χ0n) is 18.8. The van der Waals surface area contributed by atoms with Gasteiger partial charge in [0.1, 0.15) is 11.4 Å². The van der Waals surface area contributed by atoms with Crippen LogP contribution in [0, 0.1) is 11.3 Å². The molecule has 170 valence electrons. The van der Waals surface area contributed by atoms with Gasteiger partial charge in [-0.25, -0.2) is 9.78 Å². The molecular formula is C24H35N3O4. The third-order valence-corrected chi connectivity index (χ3v) is 6.77. The average molecular weight is 430 g/mol. The Bertz CT molecular complexity index is 760. The number of nitrogens with one attached hydrogen (secondary N) is 1. The summed E-state index contributed by atoms with van der Waals surface area (Å²) in [4.78, 5) is 30.1. The molecule has 7 nitrogen and oxygen atoms in total. The second-order valence-corrected chi connectivity index (χ2v) is 9.81. The highest BCUT2D eigenvalue weighted by Crippen LogP contribution is 2.54. The summed E-state index contributed by atoms with van der Waals surface area (Å²) < 4.78 is 11.1. The molecule has 0 bridgehead atoms. The van der Waals surface area contributed by atoms with E-state index in [1.54, 1.807) is 12.3 Å². The Morgan fingerprint density at radius 3 is 2.58 bits per heavy atom. The number of pyridine rings is 1. The van der Waals surface area contributed by atoms with Crippen molar-refractivity contribution in [3.05, 3.63) is 24.0 Å². The fraction of sp³-hybridized carbons (Fsp3) is 0.708. The number of nitrogens with zero attached hydrogens (tertiary/aromatic N) is 2. The van der Waals surface area contributed by atoms with Gasteiger partial charge in [-0.3, -0.25) is 4.79 Å². The number of carbonyl (C=O) groups excluding carboxylic acids is 2. The van der Waals surface area contributed by atoms with Gasteiger partial charge in [-0.2, -0.15) is 0 Å². The molecule has 2 heterocycles. The number of likely N-dealkylation sites (tertiary alicyclic amines) is 1. The van der Waals surface area contributed by atoms with Crippen LogP contribution in [0.5, 0.6) is 5.75 Å². The summed E-state index contributed by atoms with van der Waals surface area (Å²) in [5.41, 5.74) is 0.892. The van der Waals surface area contributed by atoms with E-state index in [4.69, 9.17) is 9.47 Å². The lowest BCUT2D eigenvalue weighted by molar-refractivity contribution is -0.0203. The summed E-state index contributed by atoms with van der Waals surface area (Å²) in [6.45, 7) is 6.10. The summed E-state index contributed by atoms with van der Waals surface area (Å²) in [7, 11) is 0. The monoisotopic (exact) mass is 429 g/mol. The maximum absolute atomic E-state index is 12.0. The van der Waals surface area contributed by atoms with E-state index in [0.29, 0.717) is 29.5 Å². The molecule has 2 amide bonds. The first-order chi connectivity index (χ1) is 14.9. The Morgan fingerprint density at radius 1 is 1.23 bits per heavy atom. The Morgan fingerprint density at radius 2 is 1.97 bits per heavy atom. The quantitative estimate of drug-likeness (QED) is 0.627. The maximum Gasteiger partial charge on any atom is 0.410 e. The molecule has 3 fully saturated rings. The number of carbonyl (C=O) groups is 2. The molecule has 3 aliphatic rings. The van der Waals surface area contributed by atoms with E-state index >= 15 is 0 Å². The predicted octanol–water partition coefficient (Wildman–Crippen LogP) is 4.17. The van der Waals surface area contributed by atoms with E-state index in [9.17, 15) is 9.59 Å². The van der Waals surface area contributed by atoms with Crippen LogP contribution in [0.15, 0.2) is 18.3 Å². The number of piperidine rings is 1. The second kappa shape index (κ2) is 9.45. The van der Waals surface area contributed by atoms with Gasteiger partial charge in [0.2, 0.25) is 0 Å². The largest absolute Gasteiger partial charge is 0.492 e. The molecule has 0 radical (unpaired) electrons. The normalized spacial score (nSPS) is 20.4. The highest BCUT2D eigenvalue weighted by molar-refractivity contribution is 5.92. The van der Waals surface area contributed by atoms with Gasteiger partial charge < -0.3 is 19.7 Å². The first-order valence-electron chi connectivity index (χ1n) is 11.8. The SMILES string of the molecule is CC(C)OC(=O)N1CCC2(CC1)CC(CCCOc1ccc(C(=O)NC3CC3)nc1)C2. The molecule has 0 unspecified atom stereocenters. The molecule has 1 aromatic rings. The second-order valence-electron chi connectivity index (χ2n) is 9.81. The van der Waals surface area contributed by atoms with Gasteiger partial charge in [0.25, 0.3) is 5.91 Å².